The summed E-state index contributed by atoms with van der Waals surface area (Å²) in [5.41, 5.74) is 4.65. The van der Waals surface area contributed by atoms with E-state index in [0.717, 1.165) is 34.7 Å². The molecule has 28 heavy (non-hydrogen) atoms. The normalized spacial score (nSPS) is 10.6. The second-order valence-corrected chi connectivity index (χ2v) is 6.63. The van der Waals surface area contributed by atoms with Gasteiger partial charge in [0.15, 0.2) is 0 Å². The molecule has 0 aliphatic rings. The summed E-state index contributed by atoms with van der Waals surface area (Å²) >= 11 is 0. The molecule has 0 aliphatic carbocycles. The van der Waals surface area contributed by atoms with Gasteiger partial charge < -0.3 is 14.0 Å². The minimum Gasteiger partial charge on any atom is -0.496 e. The van der Waals surface area contributed by atoms with Gasteiger partial charge >= 0.3 is 0 Å². The third-order valence-electron chi connectivity index (χ3n) is 4.76. The molecule has 140 valence electrons. The van der Waals surface area contributed by atoms with Gasteiger partial charge in [0.2, 0.25) is 0 Å². The smallest absolute Gasteiger partial charge is 0.123 e. The number of hydrogen-bond donors (Lipinski definition) is 0. The maximum absolute atomic E-state index is 5.90. The number of aromatic nitrogens is 1. The monoisotopic (exact) mass is 369 g/mol. The Hall–Kier alpha value is -3.46. The highest BCUT2D eigenvalue weighted by Gasteiger charge is 2.08. The van der Waals surface area contributed by atoms with Crippen LogP contribution in [-0.2, 0) is 13.2 Å². The molecule has 4 aromatic rings. The van der Waals surface area contributed by atoms with Crippen molar-refractivity contribution in [2.24, 2.45) is 0 Å². The maximum atomic E-state index is 5.90. The Kier molecular flexibility index (Phi) is 5.43. The van der Waals surface area contributed by atoms with Crippen molar-refractivity contribution < 1.29 is 9.47 Å². The Morgan fingerprint density at radius 2 is 1.50 bits per heavy atom. The molecule has 0 fully saturated rings. The first-order chi connectivity index (χ1) is 13.8. The summed E-state index contributed by atoms with van der Waals surface area (Å²) in [7, 11) is 1.71. The van der Waals surface area contributed by atoms with E-state index in [-0.39, 0.29) is 0 Å². The molecule has 0 bridgehead atoms. The second kappa shape index (κ2) is 8.49. The molecule has 3 aromatic carbocycles. The van der Waals surface area contributed by atoms with Crippen molar-refractivity contribution in [3.63, 3.8) is 0 Å². The third-order valence-corrected chi connectivity index (χ3v) is 4.76. The fourth-order valence-electron chi connectivity index (χ4n) is 3.29. The summed E-state index contributed by atoms with van der Waals surface area (Å²) in [6, 6.07) is 30.8. The Morgan fingerprint density at radius 1 is 0.750 bits per heavy atom. The van der Waals surface area contributed by atoms with Gasteiger partial charge in [-0.25, -0.2) is 0 Å². The number of rotatable bonds is 7. The lowest BCUT2D eigenvalue weighted by molar-refractivity contribution is 0.306. The Morgan fingerprint density at radius 3 is 2.29 bits per heavy atom. The van der Waals surface area contributed by atoms with Gasteiger partial charge in [-0.05, 0) is 53.6 Å². The lowest BCUT2D eigenvalue weighted by Gasteiger charge is -2.13. The number of benzene rings is 3. The summed E-state index contributed by atoms with van der Waals surface area (Å²) in [6.45, 7) is 1.34. The summed E-state index contributed by atoms with van der Waals surface area (Å²) in [6.07, 6.45) is 2.10. The molecule has 1 heterocycles. The van der Waals surface area contributed by atoms with E-state index in [0.29, 0.717) is 6.61 Å². The zero-order valence-electron chi connectivity index (χ0n) is 15.9. The summed E-state index contributed by atoms with van der Waals surface area (Å²) in [4.78, 5) is 0. The largest absolute Gasteiger partial charge is 0.496 e. The molecule has 0 aliphatic heterocycles. The molecule has 0 amide bonds. The molecular weight excluding hydrogens is 346 g/mol. The van der Waals surface area contributed by atoms with Crippen molar-refractivity contribution in [3.05, 3.63) is 108 Å². The van der Waals surface area contributed by atoms with Crippen LogP contribution in [0.15, 0.2) is 97.2 Å². The average molecular weight is 369 g/mol. The highest BCUT2D eigenvalue weighted by Crippen LogP contribution is 2.26. The molecule has 0 N–H and O–H groups in total. The van der Waals surface area contributed by atoms with E-state index in [2.05, 4.69) is 53.2 Å². The highest BCUT2D eigenvalue weighted by atomic mass is 16.5. The molecule has 4 rings (SSSR count). The number of para-hydroxylation sites is 1. The van der Waals surface area contributed by atoms with Gasteiger partial charge in [-0.1, -0.05) is 48.5 Å². The van der Waals surface area contributed by atoms with Crippen LogP contribution in [0.2, 0.25) is 0 Å². The van der Waals surface area contributed by atoms with Crippen molar-refractivity contribution in [3.8, 4) is 22.8 Å². The quantitative estimate of drug-likeness (QED) is 0.411. The highest BCUT2D eigenvalue weighted by molar-refractivity contribution is 5.61. The Labute approximate surface area is 165 Å². The third kappa shape index (κ3) is 4.09. The molecule has 0 unspecified atom stereocenters. The zero-order chi connectivity index (χ0) is 19.2. The SMILES string of the molecule is COc1ccccc1Cn1cccc1-c1ccc(OCc2ccccc2)cc1. The van der Waals surface area contributed by atoms with E-state index in [1.54, 1.807) is 7.11 Å². The number of hydrogen-bond acceptors (Lipinski definition) is 2. The second-order valence-electron chi connectivity index (χ2n) is 6.63. The van der Waals surface area contributed by atoms with Crippen LogP contribution >= 0.6 is 0 Å². The van der Waals surface area contributed by atoms with Crippen molar-refractivity contribution in [1.82, 2.24) is 4.57 Å². The fourth-order valence-corrected chi connectivity index (χ4v) is 3.29. The topological polar surface area (TPSA) is 23.4 Å². The molecular formula is C25H23NO2. The Bertz CT molecular complexity index is 1020. The molecule has 0 spiro atoms. The number of nitrogens with zero attached hydrogens (tertiary/aromatic N) is 1. The van der Waals surface area contributed by atoms with Crippen LogP contribution in [0.1, 0.15) is 11.1 Å². The van der Waals surface area contributed by atoms with Crippen LogP contribution in [-0.4, -0.2) is 11.7 Å². The van der Waals surface area contributed by atoms with Crippen molar-refractivity contribution in [2.75, 3.05) is 7.11 Å². The molecule has 0 atom stereocenters. The van der Waals surface area contributed by atoms with Gasteiger partial charge in [0.1, 0.15) is 18.1 Å². The predicted octanol–water partition coefficient (Wildman–Crippen LogP) is 5.79. The van der Waals surface area contributed by atoms with E-state index in [4.69, 9.17) is 9.47 Å². The molecule has 3 nitrogen and oxygen atoms in total. The molecule has 0 saturated carbocycles. The minimum absolute atomic E-state index is 0.574. The van der Waals surface area contributed by atoms with Crippen LogP contribution in [0.5, 0.6) is 11.5 Å². The van der Waals surface area contributed by atoms with Crippen LogP contribution in [0.3, 0.4) is 0 Å². The fraction of sp³-hybridized carbons (Fsp3) is 0.120. The first-order valence-corrected chi connectivity index (χ1v) is 9.38. The summed E-state index contributed by atoms with van der Waals surface area (Å²) in [5, 5.41) is 0. The van der Waals surface area contributed by atoms with E-state index >= 15 is 0 Å². The number of methoxy groups -OCH3 is 1. The van der Waals surface area contributed by atoms with E-state index in [1.807, 2.05) is 48.5 Å². The van der Waals surface area contributed by atoms with E-state index in [9.17, 15) is 0 Å². The van der Waals surface area contributed by atoms with Gasteiger partial charge in [-0.3, -0.25) is 0 Å². The summed E-state index contributed by atoms with van der Waals surface area (Å²) < 4.78 is 13.6. The van der Waals surface area contributed by atoms with Crippen LogP contribution in [0.25, 0.3) is 11.3 Å². The first-order valence-electron chi connectivity index (χ1n) is 9.38. The molecule has 1 aromatic heterocycles. The van der Waals surface area contributed by atoms with Crippen LogP contribution in [0.4, 0.5) is 0 Å². The van der Waals surface area contributed by atoms with Crippen LogP contribution in [0, 0.1) is 0 Å². The van der Waals surface area contributed by atoms with E-state index in [1.165, 1.54) is 5.69 Å². The molecule has 0 radical (unpaired) electrons. The van der Waals surface area contributed by atoms with Crippen LogP contribution < -0.4 is 9.47 Å². The predicted molar refractivity (Wildman–Crippen MR) is 113 cm³/mol. The summed E-state index contributed by atoms with van der Waals surface area (Å²) in [5.74, 6) is 1.78. The standard InChI is InChI=1S/C25H23NO2/c1-27-25-12-6-5-10-22(25)18-26-17-7-11-24(26)21-13-15-23(16-14-21)28-19-20-8-3-2-4-9-20/h2-17H,18-19H2,1H3. The van der Waals surface area contributed by atoms with Gasteiger partial charge in [-0.2, -0.15) is 0 Å². The lowest BCUT2D eigenvalue weighted by Crippen LogP contribution is -2.02. The van der Waals surface area contributed by atoms with Gasteiger partial charge in [0.25, 0.3) is 0 Å². The van der Waals surface area contributed by atoms with Crippen molar-refractivity contribution >= 4 is 0 Å². The lowest BCUT2D eigenvalue weighted by atomic mass is 10.1. The van der Waals surface area contributed by atoms with E-state index < -0.39 is 0 Å². The number of ether oxygens (including phenoxy) is 2. The van der Waals surface area contributed by atoms with Gasteiger partial charge in [0, 0.05) is 17.5 Å². The average Bonchev–Trinajstić information content (AvgIpc) is 3.22. The Balaban J connectivity index is 1.49. The minimum atomic E-state index is 0.574. The molecule has 0 saturated heterocycles. The first kappa shape index (κ1) is 17.9. The molecule has 3 heteroatoms. The van der Waals surface area contributed by atoms with Crippen molar-refractivity contribution in [2.45, 2.75) is 13.2 Å². The van der Waals surface area contributed by atoms with Gasteiger partial charge in [0.05, 0.1) is 13.7 Å². The van der Waals surface area contributed by atoms with Crippen molar-refractivity contribution in [1.29, 1.82) is 0 Å². The maximum Gasteiger partial charge on any atom is 0.123 e. The zero-order valence-corrected chi connectivity index (χ0v) is 15.9. The van der Waals surface area contributed by atoms with Gasteiger partial charge in [-0.15, -0.1) is 0 Å².